The molecule has 7 nitrogen and oxygen atoms in total. The standard InChI is InChI=1S/C12H16N6O/c13-9-3-5-10(6-4-9)17-12(19)14-7-1-2-11-15-8-16-18-11/h3-6,8H,1-2,7,13H2,(H2,14,17,19)(H,15,16,18). The van der Waals surface area contributed by atoms with Crippen molar-refractivity contribution in [2.24, 2.45) is 0 Å². The number of H-pyrrole nitrogens is 1. The number of amides is 2. The minimum Gasteiger partial charge on any atom is -0.399 e. The summed E-state index contributed by atoms with van der Waals surface area (Å²) in [5.41, 5.74) is 6.93. The Morgan fingerprint density at radius 1 is 1.32 bits per heavy atom. The van der Waals surface area contributed by atoms with Gasteiger partial charge < -0.3 is 16.4 Å². The van der Waals surface area contributed by atoms with Crippen LogP contribution in [0.5, 0.6) is 0 Å². The molecule has 1 heterocycles. The van der Waals surface area contributed by atoms with Crippen LogP contribution in [0, 0.1) is 0 Å². The van der Waals surface area contributed by atoms with Crippen LogP contribution in [0.2, 0.25) is 0 Å². The number of nitrogens with zero attached hydrogens (tertiary/aromatic N) is 2. The Balaban J connectivity index is 1.65. The largest absolute Gasteiger partial charge is 0.399 e. The van der Waals surface area contributed by atoms with Crippen LogP contribution < -0.4 is 16.4 Å². The number of hydrogen-bond donors (Lipinski definition) is 4. The number of nitrogen functional groups attached to an aromatic ring is 1. The summed E-state index contributed by atoms with van der Waals surface area (Å²) in [6.45, 7) is 0.571. The van der Waals surface area contributed by atoms with E-state index in [0.29, 0.717) is 17.9 Å². The maximum atomic E-state index is 11.6. The Kier molecular flexibility index (Phi) is 4.33. The third kappa shape index (κ3) is 4.30. The molecule has 2 rings (SSSR count). The van der Waals surface area contributed by atoms with Crippen LogP contribution in [0.3, 0.4) is 0 Å². The summed E-state index contributed by atoms with van der Waals surface area (Å²) in [6, 6.07) is 6.74. The summed E-state index contributed by atoms with van der Waals surface area (Å²) in [5.74, 6) is 0.820. The minimum atomic E-state index is -0.234. The fraction of sp³-hybridized carbons (Fsp3) is 0.250. The molecule has 2 amide bonds. The summed E-state index contributed by atoms with van der Waals surface area (Å²) in [4.78, 5) is 15.6. The fourth-order valence-electron chi connectivity index (χ4n) is 1.55. The molecule has 0 radical (unpaired) electrons. The van der Waals surface area contributed by atoms with Crippen molar-refractivity contribution in [3.8, 4) is 0 Å². The highest BCUT2D eigenvalue weighted by Gasteiger charge is 2.01. The van der Waals surface area contributed by atoms with Crippen molar-refractivity contribution in [2.75, 3.05) is 17.6 Å². The van der Waals surface area contributed by atoms with Gasteiger partial charge in [-0.2, -0.15) is 5.10 Å². The average molecular weight is 260 g/mol. The lowest BCUT2D eigenvalue weighted by Crippen LogP contribution is -2.29. The van der Waals surface area contributed by atoms with Gasteiger partial charge in [0.05, 0.1) is 0 Å². The Bertz CT molecular complexity index is 508. The molecule has 0 unspecified atom stereocenters. The second-order valence-electron chi connectivity index (χ2n) is 4.04. The molecule has 2 aromatic rings. The highest BCUT2D eigenvalue weighted by atomic mass is 16.2. The van der Waals surface area contributed by atoms with Gasteiger partial charge in [0.2, 0.25) is 0 Å². The van der Waals surface area contributed by atoms with Crippen LogP contribution in [-0.2, 0) is 6.42 Å². The zero-order valence-corrected chi connectivity index (χ0v) is 10.4. The van der Waals surface area contributed by atoms with Crippen molar-refractivity contribution in [2.45, 2.75) is 12.8 Å². The Morgan fingerprint density at radius 3 is 2.79 bits per heavy atom. The van der Waals surface area contributed by atoms with E-state index in [2.05, 4.69) is 25.8 Å². The van der Waals surface area contributed by atoms with E-state index in [-0.39, 0.29) is 6.03 Å². The summed E-state index contributed by atoms with van der Waals surface area (Å²) < 4.78 is 0. The summed E-state index contributed by atoms with van der Waals surface area (Å²) in [6.07, 6.45) is 3.02. The predicted molar refractivity (Wildman–Crippen MR) is 72.6 cm³/mol. The van der Waals surface area contributed by atoms with E-state index in [9.17, 15) is 4.79 Å². The molecule has 0 spiro atoms. The van der Waals surface area contributed by atoms with Gasteiger partial charge in [-0.05, 0) is 30.7 Å². The van der Waals surface area contributed by atoms with E-state index in [4.69, 9.17) is 5.73 Å². The van der Waals surface area contributed by atoms with E-state index < -0.39 is 0 Å². The summed E-state index contributed by atoms with van der Waals surface area (Å²) in [7, 11) is 0. The lowest BCUT2D eigenvalue weighted by atomic mass is 10.3. The molecule has 0 bridgehead atoms. The van der Waals surface area contributed by atoms with E-state index in [1.807, 2.05) is 0 Å². The van der Waals surface area contributed by atoms with E-state index in [0.717, 1.165) is 18.7 Å². The number of benzene rings is 1. The molecule has 0 atom stereocenters. The van der Waals surface area contributed by atoms with Crippen LogP contribution in [0.25, 0.3) is 0 Å². The van der Waals surface area contributed by atoms with Gasteiger partial charge in [0.1, 0.15) is 12.2 Å². The maximum Gasteiger partial charge on any atom is 0.319 e. The molecule has 0 fully saturated rings. The second kappa shape index (κ2) is 6.39. The molecular formula is C12H16N6O. The van der Waals surface area contributed by atoms with Crippen molar-refractivity contribution in [1.82, 2.24) is 20.5 Å². The smallest absolute Gasteiger partial charge is 0.319 e. The number of aromatic nitrogens is 3. The first kappa shape index (κ1) is 12.9. The molecule has 0 saturated carbocycles. The van der Waals surface area contributed by atoms with Crippen LogP contribution in [0.1, 0.15) is 12.2 Å². The molecule has 100 valence electrons. The van der Waals surface area contributed by atoms with Gasteiger partial charge >= 0.3 is 6.03 Å². The van der Waals surface area contributed by atoms with Gasteiger partial charge in [0.15, 0.2) is 0 Å². The molecule has 5 N–H and O–H groups in total. The first-order chi connectivity index (χ1) is 9.24. The number of rotatable bonds is 5. The van der Waals surface area contributed by atoms with Crippen LogP contribution >= 0.6 is 0 Å². The number of hydrogen-bond acceptors (Lipinski definition) is 4. The number of anilines is 2. The number of urea groups is 1. The molecule has 19 heavy (non-hydrogen) atoms. The number of aromatic amines is 1. The lowest BCUT2D eigenvalue weighted by molar-refractivity contribution is 0.252. The third-order valence-corrected chi connectivity index (χ3v) is 2.51. The molecular weight excluding hydrogens is 244 g/mol. The number of aryl methyl sites for hydroxylation is 1. The Labute approximate surface area is 110 Å². The third-order valence-electron chi connectivity index (χ3n) is 2.51. The van der Waals surface area contributed by atoms with E-state index in [1.165, 1.54) is 6.33 Å². The first-order valence-electron chi connectivity index (χ1n) is 5.98. The van der Waals surface area contributed by atoms with Gasteiger partial charge in [0.25, 0.3) is 0 Å². The van der Waals surface area contributed by atoms with Gasteiger partial charge in [-0.1, -0.05) is 0 Å². The van der Waals surface area contributed by atoms with Gasteiger partial charge in [-0.25, -0.2) is 9.78 Å². The normalized spacial score (nSPS) is 10.1. The van der Waals surface area contributed by atoms with Crippen molar-refractivity contribution in [3.63, 3.8) is 0 Å². The minimum absolute atomic E-state index is 0.234. The van der Waals surface area contributed by atoms with Crippen LogP contribution in [-0.4, -0.2) is 27.8 Å². The molecule has 0 saturated heterocycles. The average Bonchev–Trinajstić information content (AvgIpc) is 2.91. The maximum absolute atomic E-state index is 11.6. The van der Waals surface area contributed by atoms with Crippen molar-refractivity contribution >= 4 is 17.4 Å². The predicted octanol–water partition coefficient (Wildman–Crippen LogP) is 1.14. The van der Waals surface area contributed by atoms with Gasteiger partial charge in [0, 0.05) is 24.3 Å². The van der Waals surface area contributed by atoms with Crippen LogP contribution in [0.4, 0.5) is 16.2 Å². The molecule has 1 aromatic heterocycles. The van der Waals surface area contributed by atoms with Gasteiger partial charge in [-0.3, -0.25) is 5.10 Å². The molecule has 0 aliphatic heterocycles. The van der Waals surface area contributed by atoms with E-state index in [1.54, 1.807) is 24.3 Å². The lowest BCUT2D eigenvalue weighted by Gasteiger charge is -2.07. The zero-order valence-electron chi connectivity index (χ0n) is 10.4. The topological polar surface area (TPSA) is 109 Å². The number of carbonyl (C=O) groups excluding carboxylic acids is 1. The van der Waals surface area contributed by atoms with Crippen molar-refractivity contribution in [3.05, 3.63) is 36.4 Å². The Hall–Kier alpha value is -2.57. The zero-order chi connectivity index (χ0) is 13.5. The number of nitrogens with one attached hydrogen (secondary N) is 3. The molecule has 1 aromatic carbocycles. The SMILES string of the molecule is Nc1ccc(NC(=O)NCCCc2ncn[nH]2)cc1. The fourth-order valence-corrected chi connectivity index (χ4v) is 1.55. The van der Waals surface area contributed by atoms with Gasteiger partial charge in [-0.15, -0.1) is 0 Å². The number of carbonyl (C=O) groups is 1. The molecule has 7 heteroatoms. The van der Waals surface area contributed by atoms with Crippen LogP contribution in [0.15, 0.2) is 30.6 Å². The Morgan fingerprint density at radius 2 is 2.11 bits per heavy atom. The monoisotopic (exact) mass is 260 g/mol. The molecule has 0 aliphatic carbocycles. The second-order valence-corrected chi connectivity index (χ2v) is 4.04. The highest BCUT2D eigenvalue weighted by Crippen LogP contribution is 2.09. The highest BCUT2D eigenvalue weighted by molar-refractivity contribution is 5.89. The summed E-state index contributed by atoms with van der Waals surface area (Å²) >= 11 is 0. The summed E-state index contributed by atoms with van der Waals surface area (Å²) in [5, 5.41) is 12.0. The first-order valence-corrected chi connectivity index (χ1v) is 5.98. The quantitative estimate of drug-likeness (QED) is 0.477. The van der Waals surface area contributed by atoms with Crippen molar-refractivity contribution < 1.29 is 4.79 Å². The van der Waals surface area contributed by atoms with Crippen molar-refractivity contribution in [1.29, 1.82) is 0 Å². The number of nitrogens with two attached hydrogens (primary N) is 1. The van der Waals surface area contributed by atoms with E-state index >= 15 is 0 Å². The molecule has 0 aliphatic rings.